The fourth-order valence-corrected chi connectivity index (χ4v) is 4.54. The molecule has 3 rings (SSSR count). The van der Waals surface area contributed by atoms with Gasteiger partial charge >= 0.3 is 11.9 Å². The number of H-pyrrole nitrogens is 1. The second kappa shape index (κ2) is 9.03. The van der Waals surface area contributed by atoms with E-state index in [1.54, 1.807) is 20.8 Å². The maximum atomic E-state index is 12.6. The number of ketones is 1. The van der Waals surface area contributed by atoms with Gasteiger partial charge in [0.25, 0.3) is 0 Å². The van der Waals surface area contributed by atoms with Gasteiger partial charge in [-0.15, -0.1) is 0 Å². The Balaban J connectivity index is 1.65. The van der Waals surface area contributed by atoms with Crippen LogP contribution in [0.25, 0.3) is 0 Å². The number of carbonyl (C=O) groups excluding carboxylic acids is 5. The molecule has 1 saturated heterocycles. The number of hydrogen-bond acceptors (Lipinski definition) is 7. The molecule has 1 N–H and O–H groups in total. The van der Waals surface area contributed by atoms with Crippen molar-refractivity contribution in [2.45, 2.75) is 59.4 Å². The first kappa shape index (κ1) is 22.7. The van der Waals surface area contributed by atoms with E-state index in [2.05, 4.69) is 4.98 Å². The molecule has 1 aromatic heterocycles. The molecule has 2 aliphatic rings. The number of ether oxygens (including phenoxy) is 2. The third kappa shape index (κ3) is 4.13. The number of nitrogens with one attached hydrogen (secondary N) is 1. The minimum absolute atomic E-state index is 0.153. The van der Waals surface area contributed by atoms with Gasteiger partial charge in [-0.1, -0.05) is 12.8 Å². The molecule has 0 radical (unpaired) electrons. The minimum atomic E-state index is -1.10. The smallest absolute Gasteiger partial charge is 0.340 e. The Morgan fingerprint density at radius 1 is 1.06 bits per heavy atom. The summed E-state index contributed by atoms with van der Waals surface area (Å²) in [6.07, 6.45) is 3.09. The molecule has 0 unspecified atom stereocenters. The van der Waals surface area contributed by atoms with Crippen molar-refractivity contribution < 1.29 is 33.4 Å². The number of imide groups is 1. The van der Waals surface area contributed by atoms with Crippen LogP contribution in [0.3, 0.4) is 0 Å². The SMILES string of the molecule is CCOC(=O)c1c(C)[nH]c(C(=O)COC(=O)[C@H](C)N2C(=O)[C@@H]3CCCC[C@H]3C2=O)c1C. The largest absolute Gasteiger partial charge is 0.462 e. The topological polar surface area (TPSA) is 123 Å². The van der Waals surface area contributed by atoms with Crippen LogP contribution in [-0.2, 0) is 23.9 Å². The lowest BCUT2D eigenvalue weighted by Crippen LogP contribution is -2.44. The quantitative estimate of drug-likeness (QED) is 0.398. The van der Waals surface area contributed by atoms with E-state index in [-0.39, 0.29) is 41.5 Å². The number of amides is 2. The number of aryl methyl sites for hydroxylation is 1. The Bertz CT molecular complexity index is 909. The number of nitrogens with zero attached hydrogens (tertiary/aromatic N) is 1. The molecule has 9 nitrogen and oxygen atoms in total. The van der Waals surface area contributed by atoms with Crippen LogP contribution in [0.4, 0.5) is 0 Å². The zero-order chi connectivity index (χ0) is 22.9. The predicted molar refractivity (Wildman–Crippen MR) is 108 cm³/mol. The number of carbonyl (C=O) groups is 5. The summed E-state index contributed by atoms with van der Waals surface area (Å²) in [7, 11) is 0. The third-order valence-corrected chi connectivity index (χ3v) is 6.15. The summed E-state index contributed by atoms with van der Waals surface area (Å²) in [5.41, 5.74) is 1.33. The van der Waals surface area contributed by atoms with Crippen LogP contribution in [0.2, 0.25) is 0 Å². The van der Waals surface area contributed by atoms with Crippen molar-refractivity contribution >= 4 is 29.5 Å². The van der Waals surface area contributed by atoms with Crippen molar-refractivity contribution in [3.05, 3.63) is 22.5 Å². The zero-order valence-electron chi connectivity index (χ0n) is 18.3. The Labute approximate surface area is 180 Å². The first-order valence-electron chi connectivity index (χ1n) is 10.6. The predicted octanol–water partition coefficient (Wildman–Crippen LogP) is 2.10. The molecular formula is C22H28N2O7. The minimum Gasteiger partial charge on any atom is -0.462 e. The van der Waals surface area contributed by atoms with Crippen molar-refractivity contribution in [2.75, 3.05) is 13.2 Å². The molecule has 2 fully saturated rings. The molecule has 2 amide bonds. The Kier molecular flexibility index (Phi) is 6.62. The standard InChI is InChI=1S/C22H28N2O7/c1-5-30-22(29)17-11(2)18(23-12(17)3)16(25)10-31-21(28)13(4)24-19(26)14-8-6-7-9-15(14)20(24)27/h13-15,23H,5-10H2,1-4H3/t13-,14+,15+/m0/s1. The van der Waals surface area contributed by atoms with E-state index in [1.165, 1.54) is 6.92 Å². The summed E-state index contributed by atoms with van der Waals surface area (Å²) >= 11 is 0. The molecule has 2 heterocycles. The lowest BCUT2D eigenvalue weighted by atomic mass is 9.81. The number of rotatable bonds is 7. The maximum absolute atomic E-state index is 12.6. The fraction of sp³-hybridized carbons (Fsp3) is 0.591. The summed E-state index contributed by atoms with van der Waals surface area (Å²) in [4.78, 5) is 66.3. The molecule has 9 heteroatoms. The van der Waals surface area contributed by atoms with E-state index in [9.17, 15) is 24.0 Å². The lowest BCUT2D eigenvalue weighted by Gasteiger charge is -2.21. The van der Waals surface area contributed by atoms with Crippen LogP contribution in [-0.4, -0.2) is 58.7 Å². The van der Waals surface area contributed by atoms with Gasteiger partial charge in [-0.25, -0.2) is 9.59 Å². The number of Topliss-reactive ketones (excluding diaryl/α,β-unsaturated/α-hetero) is 1. The molecule has 31 heavy (non-hydrogen) atoms. The Morgan fingerprint density at radius 2 is 1.65 bits per heavy atom. The molecule has 1 aliphatic heterocycles. The van der Waals surface area contributed by atoms with Crippen molar-refractivity contribution in [1.29, 1.82) is 0 Å². The highest BCUT2D eigenvalue weighted by atomic mass is 16.5. The lowest BCUT2D eigenvalue weighted by molar-refractivity contribution is -0.157. The summed E-state index contributed by atoms with van der Waals surface area (Å²) in [5, 5.41) is 0. The molecule has 0 spiro atoms. The summed E-state index contributed by atoms with van der Waals surface area (Å²) < 4.78 is 10.1. The van der Waals surface area contributed by atoms with Crippen LogP contribution >= 0.6 is 0 Å². The normalized spacial score (nSPS) is 21.6. The average Bonchev–Trinajstić information content (AvgIpc) is 3.18. The highest BCUT2D eigenvalue weighted by molar-refractivity contribution is 6.08. The maximum Gasteiger partial charge on any atom is 0.340 e. The molecule has 3 atom stereocenters. The van der Waals surface area contributed by atoms with Gasteiger partial charge in [0.2, 0.25) is 17.6 Å². The van der Waals surface area contributed by atoms with E-state index in [4.69, 9.17) is 9.47 Å². The summed E-state index contributed by atoms with van der Waals surface area (Å²) in [6.45, 7) is 6.01. The van der Waals surface area contributed by atoms with Gasteiger partial charge in [-0.2, -0.15) is 0 Å². The van der Waals surface area contributed by atoms with E-state index in [0.717, 1.165) is 17.7 Å². The fourth-order valence-electron chi connectivity index (χ4n) is 4.54. The van der Waals surface area contributed by atoms with Gasteiger partial charge in [-0.3, -0.25) is 19.3 Å². The van der Waals surface area contributed by atoms with Gasteiger partial charge in [0.15, 0.2) is 6.61 Å². The van der Waals surface area contributed by atoms with Crippen LogP contribution in [0.1, 0.15) is 71.6 Å². The van der Waals surface area contributed by atoms with Crippen molar-refractivity contribution in [3.8, 4) is 0 Å². The molecule has 0 bridgehead atoms. The first-order chi connectivity index (χ1) is 14.7. The van der Waals surface area contributed by atoms with Gasteiger partial charge in [-0.05, 0) is 46.1 Å². The number of aromatic nitrogens is 1. The highest BCUT2D eigenvalue weighted by Gasteiger charge is 2.51. The van der Waals surface area contributed by atoms with Crippen molar-refractivity contribution in [3.63, 3.8) is 0 Å². The number of fused-ring (bicyclic) bond motifs is 1. The number of aromatic amines is 1. The monoisotopic (exact) mass is 432 g/mol. The zero-order valence-corrected chi connectivity index (χ0v) is 18.3. The highest BCUT2D eigenvalue weighted by Crippen LogP contribution is 2.38. The molecule has 168 valence electrons. The third-order valence-electron chi connectivity index (χ3n) is 6.15. The van der Waals surface area contributed by atoms with Crippen molar-refractivity contribution in [1.82, 2.24) is 9.88 Å². The molecule has 1 aliphatic carbocycles. The Hall–Kier alpha value is -2.97. The van der Waals surface area contributed by atoms with E-state index in [1.807, 2.05) is 0 Å². The molecule has 0 aromatic carbocycles. The Morgan fingerprint density at radius 3 is 2.19 bits per heavy atom. The van der Waals surface area contributed by atoms with Gasteiger partial charge in [0.05, 0.1) is 29.7 Å². The average molecular weight is 432 g/mol. The summed E-state index contributed by atoms with van der Waals surface area (Å²) in [5.74, 6) is -3.26. The van der Waals surface area contributed by atoms with Crippen molar-refractivity contribution in [2.24, 2.45) is 11.8 Å². The molecule has 1 saturated carbocycles. The van der Waals surface area contributed by atoms with Crippen LogP contribution in [0.15, 0.2) is 0 Å². The van der Waals surface area contributed by atoms with E-state index in [0.29, 0.717) is 24.1 Å². The second-order valence-electron chi connectivity index (χ2n) is 8.10. The molecule has 1 aromatic rings. The van der Waals surface area contributed by atoms with E-state index >= 15 is 0 Å². The second-order valence-corrected chi connectivity index (χ2v) is 8.10. The first-order valence-corrected chi connectivity index (χ1v) is 10.6. The van der Waals surface area contributed by atoms with Gasteiger partial charge in [0.1, 0.15) is 6.04 Å². The number of esters is 2. The van der Waals surface area contributed by atoms with Gasteiger partial charge < -0.3 is 14.5 Å². The number of likely N-dealkylation sites (tertiary alicyclic amines) is 1. The molecular weight excluding hydrogens is 404 g/mol. The van der Waals surface area contributed by atoms with Crippen LogP contribution in [0.5, 0.6) is 0 Å². The van der Waals surface area contributed by atoms with E-state index < -0.39 is 30.4 Å². The number of hydrogen-bond donors (Lipinski definition) is 1. The van der Waals surface area contributed by atoms with Crippen LogP contribution < -0.4 is 0 Å². The van der Waals surface area contributed by atoms with Gasteiger partial charge in [0, 0.05) is 5.69 Å². The van der Waals surface area contributed by atoms with Crippen LogP contribution in [0, 0.1) is 25.7 Å². The summed E-state index contributed by atoms with van der Waals surface area (Å²) in [6, 6.07) is -1.10.